The predicted molar refractivity (Wildman–Crippen MR) is 61.5 cm³/mol. The Morgan fingerprint density at radius 2 is 2.21 bits per heavy atom. The van der Waals surface area contributed by atoms with E-state index in [9.17, 15) is 4.39 Å². The first-order valence-corrected chi connectivity index (χ1v) is 5.95. The molecule has 0 aliphatic carbocycles. The highest BCUT2D eigenvalue weighted by Crippen LogP contribution is 2.18. The molecule has 78 valence electrons. The van der Waals surface area contributed by atoms with Crippen LogP contribution >= 0.6 is 27.5 Å². The molecule has 1 aromatic carbocycles. The molecule has 1 nitrogen and oxygen atoms in total. The van der Waals surface area contributed by atoms with Crippen molar-refractivity contribution in [2.75, 3.05) is 11.9 Å². The predicted octanol–water partition coefficient (Wildman–Crippen LogP) is 3.35. The molecule has 0 aromatic heterocycles. The minimum Gasteiger partial charge on any atom is -0.312 e. The van der Waals surface area contributed by atoms with Gasteiger partial charge in [0.1, 0.15) is 5.82 Å². The van der Waals surface area contributed by atoms with Crippen molar-refractivity contribution in [3.05, 3.63) is 34.6 Å². The Morgan fingerprint density at radius 1 is 1.43 bits per heavy atom. The molecule has 0 bridgehead atoms. The Balaban J connectivity index is 2.49. The van der Waals surface area contributed by atoms with E-state index in [1.807, 2.05) is 0 Å². The zero-order valence-electron chi connectivity index (χ0n) is 7.69. The second-order valence-electron chi connectivity index (χ2n) is 2.92. The van der Waals surface area contributed by atoms with Crippen LogP contribution in [0.4, 0.5) is 4.39 Å². The van der Waals surface area contributed by atoms with E-state index >= 15 is 0 Å². The third-order valence-electron chi connectivity index (χ3n) is 1.85. The summed E-state index contributed by atoms with van der Waals surface area (Å²) in [6.45, 7) is 1.34. The molecule has 1 N–H and O–H groups in total. The van der Waals surface area contributed by atoms with Crippen LogP contribution in [-0.4, -0.2) is 11.9 Å². The molecule has 0 atom stereocenters. The third kappa shape index (κ3) is 3.56. The molecule has 0 aliphatic heterocycles. The van der Waals surface area contributed by atoms with Crippen LogP contribution in [0.2, 0.25) is 5.02 Å². The minimum atomic E-state index is -0.246. The largest absolute Gasteiger partial charge is 0.312 e. The topological polar surface area (TPSA) is 12.0 Å². The van der Waals surface area contributed by atoms with Crippen LogP contribution in [0.25, 0.3) is 0 Å². The van der Waals surface area contributed by atoms with Crippen molar-refractivity contribution in [2.45, 2.75) is 13.0 Å². The van der Waals surface area contributed by atoms with E-state index in [-0.39, 0.29) is 5.82 Å². The smallest absolute Gasteiger partial charge is 0.129 e. The van der Waals surface area contributed by atoms with Gasteiger partial charge in [-0.2, -0.15) is 0 Å². The standard InChI is InChI=1S/C10H12BrClFN/c11-5-2-6-14-7-8-9(12)3-1-4-10(8)13/h1,3-4,14H,2,5-7H2. The minimum absolute atomic E-state index is 0.246. The molecular formula is C10H12BrClFN. The lowest BCUT2D eigenvalue weighted by molar-refractivity contribution is 0.587. The van der Waals surface area contributed by atoms with Gasteiger partial charge in [-0.15, -0.1) is 0 Å². The number of alkyl halides is 1. The summed E-state index contributed by atoms with van der Waals surface area (Å²) in [5, 5.41) is 4.56. The van der Waals surface area contributed by atoms with Gasteiger partial charge in [-0.3, -0.25) is 0 Å². The van der Waals surface area contributed by atoms with Gasteiger partial charge in [0, 0.05) is 22.5 Å². The van der Waals surface area contributed by atoms with Gasteiger partial charge in [0.25, 0.3) is 0 Å². The molecule has 0 unspecified atom stereocenters. The van der Waals surface area contributed by atoms with Crippen LogP contribution in [0.1, 0.15) is 12.0 Å². The quantitative estimate of drug-likeness (QED) is 0.644. The number of hydrogen-bond acceptors (Lipinski definition) is 1. The van der Waals surface area contributed by atoms with Gasteiger partial charge in [0.15, 0.2) is 0 Å². The summed E-state index contributed by atoms with van der Waals surface area (Å²) in [6, 6.07) is 4.74. The average molecular weight is 281 g/mol. The number of halogens is 3. The molecule has 4 heteroatoms. The van der Waals surface area contributed by atoms with Crippen molar-refractivity contribution in [1.29, 1.82) is 0 Å². The zero-order valence-corrected chi connectivity index (χ0v) is 10.0. The van der Waals surface area contributed by atoms with Gasteiger partial charge in [-0.1, -0.05) is 33.6 Å². The number of benzene rings is 1. The lowest BCUT2D eigenvalue weighted by Crippen LogP contribution is -2.16. The molecule has 1 aromatic rings. The van der Waals surface area contributed by atoms with Gasteiger partial charge < -0.3 is 5.32 Å². The lowest BCUT2D eigenvalue weighted by Gasteiger charge is -2.06. The molecule has 0 amide bonds. The normalized spacial score (nSPS) is 10.5. The fourth-order valence-electron chi connectivity index (χ4n) is 1.11. The van der Waals surface area contributed by atoms with Crippen molar-refractivity contribution in [3.8, 4) is 0 Å². The highest BCUT2D eigenvalue weighted by Gasteiger charge is 2.05. The van der Waals surface area contributed by atoms with Crippen LogP contribution in [0.3, 0.4) is 0 Å². The number of hydrogen-bond donors (Lipinski definition) is 1. The summed E-state index contributed by atoms with van der Waals surface area (Å²) < 4.78 is 13.2. The average Bonchev–Trinajstić information content (AvgIpc) is 2.16. The number of nitrogens with one attached hydrogen (secondary N) is 1. The summed E-state index contributed by atoms with van der Waals surface area (Å²) >= 11 is 9.18. The lowest BCUT2D eigenvalue weighted by atomic mass is 10.2. The maximum atomic E-state index is 13.2. The van der Waals surface area contributed by atoms with Gasteiger partial charge in [0.2, 0.25) is 0 Å². The first kappa shape index (κ1) is 12.0. The molecule has 0 fully saturated rings. The van der Waals surface area contributed by atoms with E-state index in [0.29, 0.717) is 17.1 Å². The highest BCUT2D eigenvalue weighted by molar-refractivity contribution is 9.09. The van der Waals surface area contributed by atoms with Crippen molar-refractivity contribution >= 4 is 27.5 Å². The first-order valence-electron chi connectivity index (χ1n) is 4.45. The van der Waals surface area contributed by atoms with Crippen molar-refractivity contribution < 1.29 is 4.39 Å². The first-order chi connectivity index (χ1) is 6.75. The Morgan fingerprint density at radius 3 is 2.86 bits per heavy atom. The van der Waals surface area contributed by atoms with E-state index in [4.69, 9.17) is 11.6 Å². The molecule has 14 heavy (non-hydrogen) atoms. The Kier molecular flexibility index (Phi) is 5.45. The van der Waals surface area contributed by atoms with E-state index in [0.717, 1.165) is 18.3 Å². The second-order valence-corrected chi connectivity index (χ2v) is 4.12. The monoisotopic (exact) mass is 279 g/mol. The van der Waals surface area contributed by atoms with Crippen LogP contribution in [0, 0.1) is 5.82 Å². The summed E-state index contributed by atoms with van der Waals surface area (Å²) in [6.07, 6.45) is 1.02. The van der Waals surface area contributed by atoms with Crippen LogP contribution in [0.15, 0.2) is 18.2 Å². The maximum absolute atomic E-state index is 13.2. The summed E-state index contributed by atoms with van der Waals surface area (Å²) in [7, 11) is 0. The van der Waals surface area contributed by atoms with E-state index in [1.165, 1.54) is 6.07 Å². The molecule has 0 saturated carbocycles. The molecule has 0 heterocycles. The van der Waals surface area contributed by atoms with Crippen molar-refractivity contribution in [3.63, 3.8) is 0 Å². The molecule has 0 spiro atoms. The summed E-state index contributed by atoms with van der Waals surface area (Å²) in [5.41, 5.74) is 0.545. The maximum Gasteiger partial charge on any atom is 0.129 e. The Labute approximate surface area is 96.8 Å². The van der Waals surface area contributed by atoms with Crippen LogP contribution in [-0.2, 0) is 6.54 Å². The molecule has 0 saturated heterocycles. The Hall–Kier alpha value is -0.120. The summed E-state index contributed by atoms with van der Waals surface area (Å²) in [4.78, 5) is 0. The summed E-state index contributed by atoms with van der Waals surface area (Å²) in [5.74, 6) is -0.246. The molecule has 0 radical (unpaired) electrons. The van der Waals surface area contributed by atoms with Gasteiger partial charge in [-0.25, -0.2) is 4.39 Å². The van der Waals surface area contributed by atoms with Gasteiger partial charge >= 0.3 is 0 Å². The second kappa shape index (κ2) is 6.38. The van der Waals surface area contributed by atoms with Crippen LogP contribution < -0.4 is 5.32 Å². The molecule has 1 rings (SSSR count). The van der Waals surface area contributed by atoms with Gasteiger partial charge in [-0.05, 0) is 25.1 Å². The van der Waals surface area contributed by atoms with Crippen molar-refractivity contribution in [1.82, 2.24) is 5.32 Å². The van der Waals surface area contributed by atoms with Gasteiger partial charge in [0.05, 0.1) is 0 Å². The van der Waals surface area contributed by atoms with E-state index in [2.05, 4.69) is 21.2 Å². The third-order valence-corrected chi connectivity index (χ3v) is 2.77. The Bertz CT molecular complexity index is 273. The van der Waals surface area contributed by atoms with Crippen LogP contribution in [0.5, 0.6) is 0 Å². The highest BCUT2D eigenvalue weighted by atomic mass is 79.9. The van der Waals surface area contributed by atoms with Crippen molar-refractivity contribution in [2.24, 2.45) is 0 Å². The van der Waals surface area contributed by atoms with E-state index in [1.54, 1.807) is 12.1 Å². The fraction of sp³-hybridized carbons (Fsp3) is 0.400. The number of rotatable bonds is 5. The fourth-order valence-corrected chi connectivity index (χ4v) is 1.62. The SMILES string of the molecule is Fc1cccc(Cl)c1CNCCCBr. The zero-order chi connectivity index (χ0) is 10.4. The molecular weight excluding hydrogens is 268 g/mol. The van der Waals surface area contributed by atoms with E-state index < -0.39 is 0 Å². The molecule has 0 aliphatic rings.